The molecule has 0 radical (unpaired) electrons. The van der Waals surface area contributed by atoms with E-state index in [4.69, 9.17) is 21.6 Å². The monoisotopic (exact) mass is 240 g/mol. The molecule has 0 amide bonds. The van der Waals surface area contributed by atoms with Crippen LogP contribution in [0.25, 0.3) is 0 Å². The molecule has 1 rings (SSSR count). The van der Waals surface area contributed by atoms with Crippen LogP contribution >= 0.6 is 11.6 Å². The van der Waals surface area contributed by atoms with E-state index < -0.39 is 19.2 Å². The van der Waals surface area contributed by atoms with E-state index in [0.29, 0.717) is 0 Å². The molecular weight excluding hydrogens is 235 g/mol. The minimum atomic E-state index is -4.84. The van der Waals surface area contributed by atoms with Gasteiger partial charge in [0.05, 0.1) is 0 Å². The molecule has 15 heavy (non-hydrogen) atoms. The van der Waals surface area contributed by atoms with Crippen LogP contribution in [0.1, 0.15) is 0 Å². The Labute approximate surface area is 88.2 Å². The van der Waals surface area contributed by atoms with E-state index in [1.54, 1.807) is 0 Å². The van der Waals surface area contributed by atoms with E-state index in [9.17, 15) is 13.2 Å². The van der Waals surface area contributed by atoms with Gasteiger partial charge in [-0.05, 0) is 23.7 Å². The lowest BCUT2D eigenvalue weighted by Gasteiger charge is -2.10. The van der Waals surface area contributed by atoms with Gasteiger partial charge in [-0.1, -0.05) is 11.6 Å². The van der Waals surface area contributed by atoms with E-state index in [1.165, 1.54) is 0 Å². The van der Waals surface area contributed by atoms with Crippen LogP contribution in [0.4, 0.5) is 13.2 Å². The van der Waals surface area contributed by atoms with E-state index >= 15 is 0 Å². The van der Waals surface area contributed by atoms with Crippen LogP contribution in [0, 0.1) is 0 Å². The lowest BCUT2D eigenvalue weighted by atomic mass is 9.80. The fourth-order valence-electron chi connectivity index (χ4n) is 0.926. The lowest BCUT2D eigenvalue weighted by Crippen LogP contribution is -2.30. The van der Waals surface area contributed by atoms with Crippen LogP contribution in [0.3, 0.4) is 0 Å². The average Bonchev–Trinajstić information content (AvgIpc) is 1.99. The Bertz CT molecular complexity index is 356. The maximum Gasteiger partial charge on any atom is 0.573 e. The fraction of sp³-hybridized carbons (Fsp3) is 0.143. The Morgan fingerprint density at radius 2 is 1.80 bits per heavy atom. The first-order valence-corrected chi connectivity index (χ1v) is 4.08. The summed E-state index contributed by atoms with van der Waals surface area (Å²) in [6.45, 7) is 0. The van der Waals surface area contributed by atoms with E-state index in [1.807, 2.05) is 0 Å². The lowest BCUT2D eigenvalue weighted by molar-refractivity contribution is -0.274. The summed E-state index contributed by atoms with van der Waals surface area (Å²) in [5.74, 6) is -0.599. The van der Waals surface area contributed by atoms with Gasteiger partial charge in [-0.15, -0.1) is 13.2 Å². The van der Waals surface area contributed by atoms with E-state index in [-0.39, 0.29) is 10.5 Å². The van der Waals surface area contributed by atoms with E-state index in [2.05, 4.69) is 4.74 Å². The van der Waals surface area contributed by atoms with Crippen LogP contribution in [0.15, 0.2) is 18.2 Å². The molecular formula is C7H5BClF3O3. The first-order valence-electron chi connectivity index (χ1n) is 3.70. The highest BCUT2D eigenvalue weighted by Crippen LogP contribution is 2.24. The molecule has 0 aromatic heterocycles. The van der Waals surface area contributed by atoms with Gasteiger partial charge in [-0.3, -0.25) is 0 Å². The fourth-order valence-corrected chi connectivity index (χ4v) is 1.16. The van der Waals surface area contributed by atoms with Crippen molar-refractivity contribution in [3.8, 4) is 5.75 Å². The number of benzene rings is 1. The van der Waals surface area contributed by atoms with Gasteiger partial charge in [0.2, 0.25) is 0 Å². The standard InChI is InChI=1S/C7H5BClF3O3/c9-5-1-4(8(13)14)2-6(3-5)15-7(10,11)12/h1-3,13-14H. The Morgan fingerprint density at radius 3 is 2.27 bits per heavy atom. The number of hydrogen-bond donors (Lipinski definition) is 2. The maximum atomic E-state index is 11.8. The summed E-state index contributed by atoms with van der Waals surface area (Å²) in [4.78, 5) is 0. The van der Waals surface area contributed by atoms with Crippen molar-refractivity contribution in [3.63, 3.8) is 0 Å². The molecule has 0 aliphatic rings. The molecule has 0 aliphatic heterocycles. The molecule has 0 aliphatic carbocycles. The molecule has 0 saturated heterocycles. The third-order valence-corrected chi connectivity index (χ3v) is 1.64. The van der Waals surface area contributed by atoms with Gasteiger partial charge < -0.3 is 14.8 Å². The molecule has 82 valence electrons. The molecule has 0 atom stereocenters. The van der Waals surface area contributed by atoms with Crippen molar-refractivity contribution in [1.82, 2.24) is 0 Å². The highest BCUT2D eigenvalue weighted by molar-refractivity contribution is 6.59. The molecule has 1 aromatic carbocycles. The summed E-state index contributed by atoms with van der Waals surface area (Å²) in [6.07, 6.45) is -4.84. The zero-order valence-corrected chi connectivity index (χ0v) is 7.88. The van der Waals surface area contributed by atoms with Gasteiger partial charge in [-0.25, -0.2) is 0 Å². The molecule has 0 fully saturated rings. The van der Waals surface area contributed by atoms with Crippen LogP contribution in [0.5, 0.6) is 5.75 Å². The van der Waals surface area contributed by atoms with Gasteiger partial charge in [0.15, 0.2) is 0 Å². The van der Waals surface area contributed by atoms with Crippen molar-refractivity contribution in [1.29, 1.82) is 0 Å². The molecule has 0 saturated carbocycles. The number of ether oxygens (including phenoxy) is 1. The van der Waals surface area contributed by atoms with Crippen molar-refractivity contribution < 1.29 is 28.0 Å². The normalized spacial score (nSPS) is 11.3. The van der Waals surface area contributed by atoms with Crippen molar-refractivity contribution in [2.24, 2.45) is 0 Å². The van der Waals surface area contributed by atoms with Gasteiger partial charge in [0, 0.05) is 5.02 Å². The van der Waals surface area contributed by atoms with Gasteiger partial charge in [-0.2, -0.15) is 0 Å². The number of alkyl halides is 3. The Kier molecular flexibility index (Phi) is 3.48. The topological polar surface area (TPSA) is 49.7 Å². The van der Waals surface area contributed by atoms with Crippen molar-refractivity contribution in [3.05, 3.63) is 23.2 Å². The minimum Gasteiger partial charge on any atom is -0.423 e. The van der Waals surface area contributed by atoms with Crippen LogP contribution in [-0.2, 0) is 0 Å². The average molecular weight is 240 g/mol. The van der Waals surface area contributed by atoms with Crippen molar-refractivity contribution in [2.75, 3.05) is 0 Å². The van der Waals surface area contributed by atoms with Crippen LogP contribution < -0.4 is 10.2 Å². The summed E-state index contributed by atoms with van der Waals surface area (Å²) < 4.78 is 39.0. The van der Waals surface area contributed by atoms with Crippen molar-refractivity contribution >= 4 is 24.2 Å². The summed E-state index contributed by atoms with van der Waals surface area (Å²) >= 11 is 5.45. The quantitative estimate of drug-likeness (QED) is 0.756. The number of halogens is 4. The number of hydrogen-bond acceptors (Lipinski definition) is 3. The third-order valence-electron chi connectivity index (χ3n) is 1.43. The van der Waals surface area contributed by atoms with Crippen LogP contribution in [-0.4, -0.2) is 23.5 Å². The second kappa shape index (κ2) is 4.30. The molecule has 0 unspecified atom stereocenters. The van der Waals surface area contributed by atoms with Gasteiger partial charge in [0.25, 0.3) is 0 Å². The minimum absolute atomic E-state index is 0.0835. The Balaban J connectivity index is 2.99. The first-order chi connectivity index (χ1) is 6.78. The third kappa shape index (κ3) is 3.99. The summed E-state index contributed by atoms with van der Waals surface area (Å²) in [6, 6.07) is 2.88. The van der Waals surface area contributed by atoms with Gasteiger partial charge in [0.1, 0.15) is 5.75 Å². The predicted octanol–water partition coefficient (Wildman–Crippen LogP) is 0.918. The summed E-state index contributed by atoms with van der Waals surface area (Å²) in [7, 11) is -1.90. The van der Waals surface area contributed by atoms with Crippen molar-refractivity contribution in [2.45, 2.75) is 6.36 Å². The summed E-state index contributed by atoms with van der Waals surface area (Å²) in [5, 5.41) is 17.4. The second-order valence-electron chi connectivity index (χ2n) is 2.64. The smallest absolute Gasteiger partial charge is 0.423 e. The highest BCUT2D eigenvalue weighted by Gasteiger charge is 2.31. The molecule has 1 aromatic rings. The molecule has 0 spiro atoms. The second-order valence-corrected chi connectivity index (χ2v) is 3.08. The molecule has 0 heterocycles. The highest BCUT2D eigenvalue weighted by atomic mass is 35.5. The molecule has 8 heteroatoms. The van der Waals surface area contributed by atoms with Gasteiger partial charge >= 0.3 is 13.5 Å². The maximum absolute atomic E-state index is 11.8. The largest absolute Gasteiger partial charge is 0.573 e. The Morgan fingerprint density at radius 1 is 1.20 bits per heavy atom. The molecule has 2 N–H and O–H groups in total. The zero-order valence-electron chi connectivity index (χ0n) is 7.12. The first kappa shape index (κ1) is 12.2. The Hall–Kier alpha value is -0.915. The SMILES string of the molecule is OB(O)c1cc(Cl)cc(OC(F)(F)F)c1. The number of rotatable bonds is 2. The van der Waals surface area contributed by atoms with E-state index in [0.717, 1.165) is 18.2 Å². The van der Waals surface area contributed by atoms with Crippen LogP contribution in [0.2, 0.25) is 5.02 Å². The predicted molar refractivity (Wildman–Crippen MR) is 48.0 cm³/mol. The molecule has 3 nitrogen and oxygen atoms in total. The molecule has 0 bridgehead atoms. The summed E-state index contributed by atoms with van der Waals surface area (Å²) in [5.41, 5.74) is -0.179. The zero-order chi connectivity index (χ0) is 11.6.